The second kappa shape index (κ2) is 8.07. The van der Waals surface area contributed by atoms with Gasteiger partial charge in [0.2, 0.25) is 0 Å². The number of nitrogens with one attached hydrogen (secondary N) is 2. The van der Waals surface area contributed by atoms with Crippen molar-refractivity contribution in [3.63, 3.8) is 0 Å². The van der Waals surface area contributed by atoms with Crippen LogP contribution in [0.25, 0.3) is 0 Å². The smallest absolute Gasteiger partial charge is 0.441 e. The third-order valence-corrected chi connectivity index (χ3v) is 3.58. The highest BCUT2D eigenvalue weighted by atomic mass is 19.4. The predicted octanol–water partition coefficient (Wildman–Crippen LogP) is 3.05. The standard InChI is InChI=1S/C18H18F3N3O3/c1-3-27-16(26)17(18(19,20)21,23-14-8-4-6-12(2)10-14)24-15(25)13-7-5-9-22-11-13/h4-11,23H,3H2,1-2H3,(H,24,25). The van der Waals surface area contributed by atoms with Crippen LogP contribution < -0.4 is 10.6 Å². The minimum Gasteiger partial charge on any atom is -0.463 e. The SMILES string of the molecule is CCOC(=O)C(NC(=O)c1cccnc1)(Nc1cccc(C)c1)C(F)(F)F. The van der Waals surface area contributed by atoms with Crippen molar-refractivity contribution in [2.45, 2.75) is 25.7 Å². The number of aromatic nitrogens is 1. The highest BCUT2D eigenvalue weighted by Crippen LogP contribution is 2.33. The third kappa shape index (κ3) is 4.55. The Balaban J connectivity index is 2.50. The fourth-order valence-corrected chi connectivity index (χ4v) is 2.31. The maximum Gasteiger partial charge on any atom is 0.441 e. The van der Waals surface area contributed by atoms with Crippen molar-refractivity contribution in [2.24, 2.45) is 0 Å². The van der Waals surface area contributed by atoms with Crippen molar-refractivity contribution in [3.05, 3.63) is 59.9 Å². The molecule has 6 nitrogen and oxygen atoms in total. The molecule has 2 rings (SSSR count). The molecule has 1 unspecified atom stereocenters. The number of carbonyl (C=O) groups excluding carboxylic acids is 2. The topological polar surface area (TPSA) is 80.3 Å². The van der Waals surface area contributed by atoms with E-state index in [1.54, 1.807) is 18.3 Å². The lowest BCUT2D eigenvalue weighted by Gasteiger charge is -2.35. The van der Waals surface area contributed by atoms with Crippen molar-refractivity contribution in [2.75, 3.05) is 11.9 Å². The number of alkyl halides is 3. The molecule has 1 aromatic heterocycles. The second-order valence-electron chi connectivity index (χ2n) is 5.66. The normalized spacial score (nSPS) is 13.4. The van der Waals surface area contributed by atoms with Gasteiger partial charge in [-0.2, -0.15) is 13.2 Å². The molecule has 0 aliphatic carbocycles. The molecule has 0 bridgehead atoms. The summed E-state index contributed by atoms with van der Waals surface area (Å²) in [7, 11) is 0. The predicted molar refractivity (Wildman–Crippen MR) is 91.9 cm³/mol. The summed E-state index contributed by atoms with van der Waals surface area (Å²) >= 11 is 0. The molecule has 1 heterocycles. The maximum absolute atomic E-state index is 14.0. The van der Waals surface area contributed by atoms with Crippen molar-refractivity contribution < 1.29 is 27.5 Å². The van der Waals surface area contributed by atoms with Gasteiger partial charge in [0, 0.05) is 18.1 Å². The van der Waals surface area contributed by atoms with Crippen molar-refractivity contribution in [1.29, 1.82) is 0 Å². The highest BCUT2D eigenvalue weighted by Gasteiger charge is 2.63. The van der Waals surface area contributed by atoms with Crippen LogP contribution in [0.15, 0.2) is 48.8 Å². The molecule has 0 aliphatic rings. The van der Waals surface area contributed by atoms with E-state index in [9.17, 15) is 22.8 Å². The van der Waals surface area contributed by atoms with Crippen LogP contribution in [-0.4, -0.2) is 35.3 Å². The summed E-state index contributed by atoms with van der Waals surface area (Å²) in [6.07, 6.45) is -2.74. The maximum atomic E-state index is 14.0. The lowest BCUT2D eigenvalue weighted by atomic mass is 10.1. The number of benzene rings is 1. The van der Waals surface area contributed by atoms with Gasteiger partial charge in [-0.15, -0.1) is 0 Å². The summed E-state index contributed by atoms with van der Waals surface area (Å²) in [5.41, 5.74) is -2.95. The van der Waals surface area contributed by atoms with Crippen LogP contribution in [0.5, 0.6) is 0 Å². The van der Waals surface area contributed by atoms with E-state index in [-0.39, 0.29) is 17.9 Å². The number of hydrogen-bond donors (Lipinski definition) is 2. The summed E-state index contributed by atoms with van der Waals surface area (Å²) in [5.74, 6) is -2.80. The molecule has 144 valence electrons. The van der Waals surface area contributed by atoms with E-state index in [0.717, 1.165) is 6.20 Å². The average molecular weight is 381 g/mol. The van der Waals surface area contributed by atoms with Crippen molar-refractivity contribution >= 4 is 17.6 Å². The van der Waals surface area contributed by atoms with Crippen LogP contribution >= 0.6 is 0 Å². The first kappa shape index (κ1) is 20.2. The number of nitrogens with zero attached hydrogens (tertiary/aromatic N) is 1. The van der Waals surface area contributed by atoms with E-state index in [1.807, 2.05) is 0 Å². The molecule has 2 aromatic rings. The minimum absolute atomic E-state index is 0.00753. The van der Waals surface area contributed by atoms with Gasteiger partial charge in [0.05, 0.1) is 12.2 Å². The van der Waals surface area contributed by atoms with E-state index in [4.69, 9.17) is 0 Å². The Morgan fingerprint density at radius 3 is 2.48 bits per heavy atom. The Kier molecular flexibility index (Phi) is 6.04. The number of esters is 1. The molecule has 2 N–H and O–H groups in total. The minimum atomic E-state index is -5.19. The molecular weight excluding hydrogens is 363 g/mol. The van der Waals surface area contributed by atoms with Crippen LogP contribution in [0.2, 0.25) is 0 Å². The van der Waals surface area contributed by atoms with E-state index in [0.29, 0.717) is 5.56 Å². The van der Waals surface area contributed by atoms with Crippen LogP contribution in [0.1, 0.15) is 22.8 Å². The Bertz CT molecular complexity index is 812. The lowest BCUT2D eigenvalue weighted by Crippen LogP contribution is -2.69. The van der Waals surface area contributed by atoms with Gasteiger partial charge in [-0.05, 0) is 43.7 Å². The summed E-state index contributed by atoms with van der Waals surface area (Å²) in [6, 6.07) is 8.63. The average Bonchev–Trinajstić information content (AvgIpc) is 2.61. The number of hydrogen-bond acceptors (Lipinski definition) is 5. The summed E-state index contributed by atoms with van der Waals surface area (Å²) in [4.78, 5) is 28.4. The monoisotopic (exact) mass is 381 g/mol. The molecule has 0 saturated carbocycles. The number of amides is 1. The first-order valence-electron chi connectivity index (χ1n) is 8.01. The third-order valence-electron chi connectivity index (χ3n) is 3.58. The van der Waals surface area contributed by atoms with Crippen LogP contribution in [0, 0.1) is 6.92 Å². The molecule has 1 aromatic carbocycles. The summed E-state index contributed by atoms with van der Waals surface area (Å²) in [5, 5.41) is 3.86. The Morgan fingerprint density at radius 1 is 1.19 bits per heavy atom. The molecule has 0 aliphatic heterocycles. The molecule has 0 radical (unpaired) electrons. The number of ether oxygens (including phenoxy) is 1. The summed E-state index contributed by atoms with van der Waals surface area (Å²) in [6.45, 7) is 2.75. The number of anilines is 1. The number of rotatable bonds is 6. The number of pyridine rings is 1. The molecule has 0 saturated heterocycles. The van der Waals surface area contributed by atoms with Gasteiger partial charge in [-0.25, -0.2) is 4.79 Å². The van der Waals surface area contributed by atoms with Gasteiger partial charge >= 0.3 is 17.8 Å². The lowest BCUT2D eigenvalue weighted by molar-refractivity contribution is -0.204. The van der Waals surface area contributed by atoms with Gasteiger partial charge in [0.15, 0.2) is 0 Å². The fourth-order valence-electron chi connectivity index (χ4n) is 2.31. The second-order valence-corrected chi connectivity index (χ2v) is 5.66. The molecule has 1 amide bonds. The van der Waals surface area contributed by atoms with Crippen molar-refractivity contribution in [3.8, 4) is 0 Å². The molecule has 0 fully saturated rings. The zero-order valence-corrected chi connectivity index (χ0v) is 14.6. The molecular formula is C18H18F3N3O3. The first-order chi connectivity index (χ1) is 12.7. The van der Waals surface area contributed by atoms with Crippen molar-refractivity contribution in [1.82, 2.24) is 10.3 Å². The molecule has 27 heavy (non-hydrogen) atoms. The van der Waals surface area contributed by atoms with Crippen LogP contribution in [0.4, 0.5) is 18.9 Å². The first-order valence-corrected chi connectivity index (χ1v) is 8.01. The largest absolute Gasteiger partial charge is 0.463 e. The quantitative estimate of drug-likeness (QED) is 0.594. The van der Waals surface area contributed by atoms with E-state index >= 15 is 0 Å². The van der Waals surface area contributed by atoms with Crippen LogP contribution in [0.3, 0.4) is 0 Å². The zero-order chi connectivity index (χ0) is 20.1. The van der Waals surface area contributed by atoms with E-state index in [2.05, 4.69) is 15.0 Å². The molecule has 9 heteroatoms. The zero-order valence-electron chi connectivity index (χ0n) is 14.6. The number of aryl methyl sites for hydroxylation is 1. The van der Waals surface area contributed by atoms with Gasteiger partial charge in [0.25, 0.3) is 5.91 Å². The highest BCUT2D eigenvalue weighted by molar-refractivity contribution is 5.99. The van der Waals surface area contributed by atoms with Gasteiger partial charge in [0.1, 0.15) is 0 Å². The molecule has 0 spiro atoms. The molecule has 1 atom stereocenters. The Hall–Kier alpha value is -3.10. The Morgan fingerprint density at radius 2 is 1.93 bits per heavy atom. The van der Waals surface area contributed by atoms with Gasteiger partial charge < -0.3 is 15.4 Å². The van der Waals surface area contributed by atoms with Gasteiger partial charge in [-0.3, -0.25) is 9.78 Å². The van der Waals surface area contributed by atoms with E-state index < -0.39 is 23.7 Å². The van der Waals surface area contributed by atoms with Crippen LogP contribution in [-0.2, 0) is 9.53 Å². The number of halogens is 3. The van der Waals surface area contributed by atoms with E-state index in [1.165, 1.54) is 43.5 Å². The summed E-state index contributed by atoms with van der Waals surface area (Å²) < 4.78 is 46.7. The Labute approximate surface area is 153 Å². The fraction of sp³-hybridized carbons (Fsp3) is 0.278. The van der Waals surface area contributed by atoms with Gasteiger partial charge in [-0.1, -0.05) is 12.1 Å². The number of carbonyl (C=O) groups is 2.